The zero-order valence-corrected chi connectivity index (χ0v) is 16.8. The number of carbonyl (C=O) groups excluding carboxylic acids is 3. The number of nitrogens with one attached hydrogen (secondary N) is 3. The molecule has 3 N–H and O–H groups in total. The molecule has 5 rings (SSSR count). The maximum atomic E-state index is 12.8. The summed E-state index contributed by atoms with van der Waals surface area (Å²) in [7, 11) is 1.96. The van der Waals surface area contributed by atoms with Crippen molar-refractivity contribution in [2.45, 2.75) is 44.9 Å². The van der Waals surface area contributed by atoms with E-state index in [9.17, 15) is 14.4 Å². The summed E-state index contributed by atoms with van der Waals surface area (Å²) in [6, 6.07) is 5.20. The molecule has 0 radical (unpaired) electrons. The van der Waals surface area contributed by atoms with Crippen molar-refractivity contribution >= 4 is 23.5 Å². The lowest BCUT2D eigenvalue weighted by Crippen LogP contribution is -2.52. The second kappa shape index (κ2) is 7.24. The van der Waals surface area contributed by atoms with E-state index in [-0.39, 0.29) is 24.1 Å². The number of imide groups is 1. The van der Waals surface area contributed by atoms with E-state index < -0.39 is 6.04 Å². The topological polar surface area (TPSA) is 108 Å². The standard InChI is InChI=1S/C21H24N6O3/c1-26-17-10-22-7-6-15(17)19(25-26)23-9-12-2-3-14-13(8-12)11-27(21(14)30)16-4-5-18(28)24-20(16)29/h2-3,8,16,22H,4-7,9-11H2,1H3,(H,23,25)(H,24,28,29). The van der Waals surface area contributed by atoms with Crippen LogP contribution in [0.25, 0.3) is 0 Å². The Bertz CT molecular complexity index is 1060. The van der Waals surface area contributed by atoms with Gasteiger partial charge in [0.2, 0.25) is 11.8 Å². The van der Waals surface area contributed by atoms with Gasteiger partial charge in [0.25, 0.3) is 5.91 Å². The van der Waals surface area contributed by atoms with Crippen molar-refractivity contribution in [3.05, 3.63) is 46.1 Å². The predicted octanol–water partition coefficient (Wildman–Crippen LogP) is 0.439. The Morgan fingerprint density at radius 3 is 2.93 bits per heavy atom. The number of hydrogen-bond acceptors (Lipinski definition) is 6. The molecule has 9 nitrogen and oxygen atoms in total. The van der Waals surface area contributed by atoms with Crippen LogP contribution in [0.2, 0.25) is 0 Å². The summed E-state index contributed by atoms with van der Waals surface area (Å²) in [6.07, 6.45) is 1.58. The number of amides is 3. The van der Waals surface area contributed by atoms with Crippen molar-refractivity contribution in [2.24, 2.45) is 7.05 Å². The fraction of sp³-hybridized carbons (Fsp3) is 0.429. The van der Waals surface area contributed by atoms with Gasteiger partial charge in [-0.05, 0) is 36.6 Å². The van der Waals surface area contributed by atoms with Gasteiger partial charge >= 0.3 is 0 Å². The highest BCUT2D eigenvalue weighted by Crippen LogP contribution is 2.29. The quantitative estimate of drug-likeness (QED) is 0.634. The van der Waals surface area contributed by atoms with Crippen LogP contribution in [0, 0.1) is 0 Å². The van der Waals surface area contributed by atoms with Crippen molar-refractivity contribution < 1.29 is 14.4 Å². The molecule has 3 aliphatic rings. The van der Waals surface area contributed by atoms with Gasteiger partial charge in [0.05, 0.1) is 5.69 Å². The van der Waals surface area contributed by atoms with Crippen LogP contribution in [0.15, 0.2) is 18.2 Å². The smallest absolute Gasteiger partial charge is 0.255 e. The fourth-order valence-electron chi connectivity index (χ4n) is 4.57. The Kier molecular flexibility index (Phi) is 4.54. The molecule has 4 heterocycles. The monoisotopic (exact) mass is 408 g/mol. The molecule has 30 heavy (non-hydrogen) atoms. The molecule has 156 valence electrons. The van der Waals surface area contributed by atoms with E-state index in [0.29, 0.717) is 25.1 Å². The lowest BCUT2D eigenvalue weighted by Gasteiger charge is -2.29. The Balaban J connectivity index is 1.30. The van der Waals surface area contributed by atoms with Crippen LogP contribution >= 0.6 is 0 Å². The minimum Gasteiger partial charge on any atom is -0.364 e. The van der Waals surface area contributed by atoms with Crippen molar-refractivity contribution in [3.63, 3.8) is 0 Å². The lowest BCUT2D eigenvalue weighted by atomic mass is 10.0. The molecule has 1 saturated heterocycles. The SMILES string of the molecule is Cn1nc(NCc2ccc3c(c2)CN(C2CCC(=O)NC2=O)C3=O)c2c1CNCC2. The van der Waals surface area contributed by atoms with Gasteiger partial charge in [0.15, 0.2) is 5.82 Å². The van der Waals surface area contributed by atoms with Gasteiger partial charge in [-0.2, -0.15) is 5.10 Å². The van der Waals surface area contributed by atoms with Crippen LogP contribution in [0.1, 0.15) is 45.6 Å². The van der Waals surface area contributed by atoms with E-state index in [4.69, 9.17) is 0 Å². The number of benzene rings is 1. The number of aromatic nitrogens is 2. The van der Waals surface area contributed by atoms with Gasteiger partial charge in [-0.1, -0.05) is 12.1 Å². The number of nitrogens with zero attached hydrogens (tertiary/aromatic N) is 3. The minimum absolute atomic E-state index is 0.148. The summed E-state index contributed by atoms with van der Waals surface area (Å²) < 4.78 is 1.92. The molecule has 1 unspecified atom stereocenters. The summed E-state index contributed by atoms with van der Waals surface area (Å²) in [6.45, 7) is 2.78. The van der Waals surface area contributed by atoms with Crippen molar-refractivity contribution in [3.8, 4) is 0 Å². The lowest BCUT2D eigenvalue weighted by molar-refractivity contribution is -0.136. The maximum Gasteiger partial charge on any atom is 0.255 e. The third-order valence-electron chi connectivity index (χ3n) is 6.17. The Hall–Kier alpha value is -3.20. The summed E-state index contributed by atoms with van der Waals surface area (Å²) in [5.74, 6) is 0.103. The third kappa shape index (κ3) is 3.15. The number of anilines is 1. The molecule has 9 heteroatoms. The first-order valence-electron chi connectivity index (χ1n) is 10.3. The highest BCUT2D eigenvalue weighted by Gasteiger charge is 2.39. The summed E-state index contributed by atoms with van der Waals surface area (Å²) in [5.41, 5.74) is 5.07. The van der Waals surface area contributed by atoms with Crippen molar-refractivity contribution in [2.75, 3.05) is 11.9 Å². The average Bonchev–Trinajstić information content (AvgIpc) is 3.23. The molecule has 1 aromatic carbocycles. The van der Waals surface area contributed by atoms with Crippen LogP contribution in [0.3, 0.4) is 0 Å². The first-order valence-corrected chi connectivity index (χ1v) is 10.3. The molecule has 1 aromatic heterocycles. The second-order valence-electron chi connectivity index (χ2n) is 8.07. The van der Waals surface area contributed by atoms with Crippen LogP contribution in [0.4, 0.5) is 5.82 Å². The Morgan fingerprint density at radius 1 is 1.23 bits per heavy atom. The number of piperidine rings is 1. The predicted molar refractivity (Wildman–Crippen MR) is 108 cm³/mol. The van der Waals surface area contributed by atoms with E-state index >= 15 is 0 Å². The molecular weight excluding hydrogens is 384 g/mol. The molecule has 0 aliphatic carbocycles. The van der Waals surface area contributed by atoms with Crippen LogP contribution in [-0.4, -0.2) is 45.0 Å². The van der Waals surface area contributed by atoms with Crippen LogP contribution < -0.4 is 16.0 Å². The summed E-state index contributed by atoms with van der Waals surface area (Å²) in [4.78, 5) is 38.0. The molecular formula is C21H24N6O3. The maximum absolute atomic E-state index is 12.8. The van der Waals surface area contributed by atoms with E-state index in [1.165, 1.54) is 11.3 Å². The largest absolute Gasteiger partial charge is 0.364 e. The molecule has 1 atom stereocenters. The Labute approximate surface area is 173 Å². The van der Waals surface area contributed by atoms with Gasteiger partial charge in [-0.25, -0.2) is 0 Å². The van der Waals surface area contributed by atoms with E-state index in [2.05, 4.69) is 21.0 Å². The number of carbonyl (C=O) groups is 3. The molecule has 0 spiro atoms. The van der Waals surface area contributed by atoms with Crippen LogP contribution in [0.5, 0.6) is 0 Å². The zero-order valence-electron chi connectivity index (χ0n) is 16.8. The van der Waals surface area contributed by atoms with E-state index in [1.807, 2.05) is 29.9 Å². The third-order valence-corrected chi connectivity index (χ3v) is 6.17. The van der Waals surface area contributed by atoms with Crippen molar-refractivity contribution in [1.29, 1.82) is 0 Å². The van der Waals surface area contributed by atoms with Crippen LogP contribution in [-0.2, 0) is 42.7 Å². The number of rotatable bonds is 4. The number of hydrogen-bond donors (Lipinski definition) is 3. The summed E-state index contributed by atoms with van der Waals surface area (Å²) >= 11 is 0. The number of fused-ring (bicyclic) bond motifs is 2. The van der Waals surface area contributed by atoms with Gasteiger partial charge in [0.1, 0.15) is 6.04 Å². The normalized spacial score (nSPS) is 20.8. The highest BCUT2D eigenvalue weighted by atomic mass is 16.2. The average molecular weight is 408 g/mol. The molecule has 2 aromatic rings. The first kappa shape index (κ1) is 18.8. The van der Waals surface area contributed by atoms with E-state index in [1.54, 1.807) is 4.90 Å². The Morgan fingerprint density at radius 2 is 2.10 bits per heavy atom. The summed E-state index contributed by atoms with van der Waals surface area (Å²) in [5, 5.41) is 13.8. The first-order chi connectivity index (χ1) is 14.5. The zero-order chi connectivity index (χ0) is 20.8. The second-order valence-corrected chi connectivity index (χ2v) is 8.07. The number of aryl methyl sites for hydroxylation is 1. The molecule has 0 bridgehead atoms. The molecule has 1 fully saturated rings. The minimum atomic E-state index is -0.585. The van der Waals surface area contributed by atoms with Gasteiger partial charge in [-0.3, -0.25) is 24.4 Å². The molecule has 3 amide bonds. The molecule has 0 saturated carbocycles. The van der Waals surface area contributed by atoms with Crippen molar-refractivity contribution in [1.82, 2.24) is 25.3 Å². The van der Waals surface area contributed by atoms with E-state index in [0.717, 1.165) is 36.5 Å². The highest BCUT2D eigenvalue weighted by molar-refractivity contribution is 6.05. The van der Waals surface area contributed by atoms with Gasteiger partial charge in [-0.15, -0.1) is 0 Å². The fourth-order valence-corrected chi connectivity index (χ4v) is 4.57. The van der Waals surface area contributed by atoms with Gasteiger partial charge < -0.3 is 15.5 Å². The molecule has 3 aliphatic heterocycles. The van der Waals surface area contributed by atoms with Gasteiger partial charge in [0, 0.05) is 44.2 Å².